The molecule has 0 radical (unpaired) electrons. The maximum absolute atomic E-state index is 11.4. The molecule has 1 aromatic heterocycles. The van der Waals surface area contributed by atoms with Gasteiger partial charge in [0, 0.05) is 43.9 Å². The topological polar surface area (TPSA) is 92.4 Å². The van der Waals surface area contributed by atoms with Crippen molar-refractivity contribution in [1.29, 1.82) is 0 Å². The van der Waals surface area contributed by atoms with E-state index in [1.54, 1.807) is 6.20 Å². The minimum absolute atomic E-state index is 0.150. The van der Waals surface area contributed by atoms with Gasteiger partial charge in [0.2, 0.25) is 5.91 Å². The first kappa shape index (κ1) is 14.3. The monoisotopic (exact) mass is 275 g/mol. The van der Waals surface area contributed by atoms with Gasteiger partial charge in [0.1, 0.15) is 0 Å². The van der Waals surface area contributed by atoms with E-state index in [4.69, 9.17) is 5.73 Å². The first-order chi connectivity index (χ1) is 9.75. The second kappa shape index (κ2) is 7.47. The molecular weight excluding hydrogens is 254 g/mol. The van der Waals surface area contributed by atoms with Gasteiger partial charge in [0.25, 0.3) is 0 Å². The summed E-state index contributed by atoms with van der Waals surface area (Å²) in [4.78, 5) is 19.8. The summed E-state index contributed by atoms with van der Waals surface area (Å²) in [5.41, 5.74) is 6.73. The summed E-state index contributed by atoms with van der Waals surface area (Å²) < 4.78 is 0. The Labute approximate surface area is 118 Å². The number of nitrogens with two attached hydrogens (primary N) is 1. The predicted octanol–water partition coefficient (Wildman–Crippen LogP) is 0.0546. The summed E-state index contributed by atoms with van der Waals surface area (Å²) in [5.74, 6) is 0.804. The van der Waals surface area contributed by atoms with E-state index < -0.39 is 0 Å². The molecule has 1 fully saturated rings. The number of hydrogen-bond donors (Lipinski definition) is 3. The molecule has 0 aliphatic heterocycles. The van der Waals surface area contributed by atoms with Crippen molar-refractivity contribution in [2.75, 3.05) is 19.6 Å². The number of nitrogens with one attached hydrogen (secondary N) is 2. The maximum atomic E-state index is 11.4. The molecule has 4 N–H and O–H groups in total. The van der Waals surface area contributed by atoms with Crippen molar-refractivity contribution in [2.24, 2.45) is 16.6 Å². The summed E-state index contributed by atoms with van der Waals surface area (Å²) in [6.07, 6.45) is 4.58. The van der Waals surface area contributed by atoms with Crippen LogP contribution in [0.5, 0.6) is 0 Å². The molecule has 0 bridgehead atoms. The molecule has 1 aliphatic rings. The first-order valence-corrected chi connectivity index (χ1v) is 6.97. The minimum atomic E-state index is 0.150. The molecule has 0 atom stereocenters. The Morgan fingerprint density at radius 3 is 2.85 bits per heavy atom. The van der Waals surface area contributed by atoms with Crippen LogP contribution in [0.1, 0.15) is 18.5 Å². The van der Waals surface area contributed by atoms with Crippen molar-refractivity contribution in [3.05, 3.63) is 30.1 Å². The van der Waals surface area contributed by atoms with Crippen molar-refractivity contribution < 1.29 is 4.79 Å². The van der Waals surface area contributed by atoms with Gasteiger partial charge in [-0.1, -0.05) is 6.07 Å². The Morgan fingerprint density at radius 2 is 2.15 bits per heavy atom. The SMILES string of the molecule is NC(=NCCc1ccccn1)NCCNC(=O)C1CC1. The Bertz CT molecular complexity index is 456. The van der Waals surface area contributed by atoms with Gasteiger partial charge in [0.05, 0.1) is 0 Å². The molecule has 1 heterocycles. The predicted molar refractivity (Wildman–Crippen MR) is 78.2 cm³/mol. The number of aromatic nitrogens is 1. The summed E-state index contributed by atoms with van der Waals surface area (Å²) >= 11 is 0. The lowest BCUT2D eigenvalue weighted by molar-refractivity contribution is -0.122. The highest BCUT2D eigenvalue weighted by molar-refractivity contribution is 5.81. The molecule has 108 valence electrons. The lowest BCUT2D eigenvalue weighted by atomic mass is 10.3. The zero-order valence-electron chi connectivity index (χ0n) is 11.5. The van der Waals surface area contributed by atoms with Gasteiger partial charge >= 0.3 is 0 Å². The summed E-state index contributed by atoms with van der Waals surface area (Å²) in [6.45, 7) is 1.77. The van der Waals surface area contributed by atoms with Crippen molar-refractivity contribution in [3.63, 3.8) is 0 Å². The Hall–Kier alpha value is -2.11. The summed E-state index contributed by atoms with van der Waals surface area (Å²) in [7, 11) is 0. The van der Waals surface area contributed by atoms with Crippen LogP contribution in [0.2, 0.25) is 0 Å². The van der Waals surface area contributed by atoms with Crippen molar-refractivity contribution in [3.8, 4) is 0 Å². The molecule has 6 heteroatoms. The zero-order chi connectivity index (χ0) is 14.2. The summed E-state index contributed by atoms with van der Waals surface area (Å²) in [5, 5.41) is 5.84. The van der Waals surface area contributed by atoms with Crippen molar-refractivity contribution in [1.82, 2.24) is 15.6 Å². The third-order valence-corrected chi connectivity index (χ3v) is 3.05. The van der Waals surface area contributed by atoms with Crippen LogP contribution in [0.25, 0.3) is 0 Å². The average Bonchev–Trinajstić information content (AvgIpc) is 3.29. The minimum Gasteiger partial charge on any atom is -0.370 e. The number of aliphatic imine (C=N–C) groups is 1. The van der Waals surface area contributed by atoms with Gasteiger partial charge in [0.15, 0.2) is 5.96 Å². The van der Waals surface area contributed by atoms with Gasteiger partial charge in [-0.3, -0.25) is 14.8 Å². The Morgan fingerprint density at radius 1 is 1.35 bits per heavy atom. The van der Waals surface area contributed by atoms with Gasteiger partial charge < -0.3 is 16.4 Å². The number of guanidine groups is 1. The van der Waals surface area contributed by atoms with Crippen molar-refractivity contribution >= 4 is 11.9 Å². The fraction of sp³-hybridized carbons (Fsp3) is 0.500. The van der Waals surface area contributed by atoms with E-state index in [9.17, 15) is 4.79 Å². The summed E-state index contributed by atoms with van der Waals surface area (Å²) in [6, 6.07) is 5.81. The molecule has 1 saturated carbocycles. The second-order valence-corrected chi connectivity index (χ2v) is 4.83. The second-order valence-electron chi connectivity index (χ2n) is 4.83. The molecule has 1 aromatic rings. The molecule has 1 aliphatic carbocycles. The highest BCUT2D eigenvalue weighted by Crippen LogP contribution is 2.28. The molecule has 2 rings (SSSR count). The third-order valence-electron chi connectivity index (χ3n) is 3.05. The largest absolute Gasteiger partial charge is 0.370 e. The van der Waals surface area contributed by atoms with Gasteiger partial charge in [-0.15, -0.1) is 0 Å². The quantitative estimate of drug-likeness (QED) is 0.372. The molecule has 1 amide bonds. The number of carbonyl (C=O) groups excluding carboxylic acids is 1. The van der Waals surface area contributed by atoms with Crippen LogP contribution < -0.4 is 16.4 Å². The number of nitrogens with zero attached hydrogens (tertiary/aromatic N) is 2. The fourth-order valence-electron chi connectivity index (χ4n) is 1.76. The molecule has 20 heavy (non-hydrogen) atoms. The van der Waals surface area contributed by atoms with Crippen LogP contribution in [0.3, 0.4) is 0 Å². The first-order valence-electron chi connectivity index (χ1n) is 6.97. The highest BCUT2D eigenvalue weighted by atomic mass is 16.2. The fourth-order valence-corrected chi connectivity index (χ4v) is 1.76. The van der Waals surface area contributed by atoms with Crippen LogP contribution in [0.15, 0.2) is 29.4 Å². The maximum Gasteiger partial charge on any atom is 0.223 e. The number of amides is 1. The van der Waals surface area contributed by atoms with E-state index in [0.29, 0.717) is 25.6 Å². The zero-order valence-corrected chi connectivity index (χ0v) is 11.5. The molecule has 0 aromatic carbocycles. The smallest absolute Gasteiger partial charge is 0.223 e. The highest BCUT2D eigenvalue weighted by Gasteiger charge is 2.28. The van der Waals surface area contributed by atoms with Crippen LogP contribution in [-0.4, -0.2) is 36.5 Å². The van der Waals surface area contributed by atoms with E-state index in [1.807, 2.05) is 18.2 Å². The normalized spacial score (nSPS) is 14.9. The Balaban J connectivity index is 1.55. The van der Waals surface area contributed by atoms with Crippen LogP contribution in [-0.2, 0) is 11.2 Å². The van der Waals surface area contributed by atoms with E-state index in [2.05, 4.69) is 20.6 Å². The average molecular weight is 275 g/mol. The lowest BCUT2D eigenvalue weighted by Crippen LogP contribution is -2.38. The van der Waals surface area contributed by atoms with Crippen molar-refractivity contribution in [2.45, 2.75) is 19.3 Å². The Kier molecular flexibility index (Phi) is 5.34. The number of hydrogen-bond acceptors (Lipinski definition) is 3. The van der Waals surface area contributed by atoms with E-state index in [0.717, 1.165) is 25.0 Å². The van der Waals surface area contributed by atoms with E-state index >= 15 is 0 Å². The number of rotatable bonds is 7. The standard InChI is InChI=1S/C14H21N5O/c15-14(18-8-6-12-3-1-2-7-16-12)19-10-9-17-13(20)11-4-5-11/h1-3,7,11H,4-6,8-10H2,(H,17,20)(H3,15,18,19). The molecule has 0 saturated heterocycles. The van der Waals surface area contributed by atoms with E-state index in [-0.39, 0.29) is 11.8 Å². The number of carbonyl (C=O) groups is 1. The molecule has 0 unspecified atom stereocenters. The van der Waals surface area contributed by atoms with Gasteiger partial charge in [-0.2, -0.15) is 0 Å². The van der Waals surface area contributed by atoms with E-state index in [1.165, 1.54) is 0 Å². The molecular formula is C14H21N5O. The van der Waals surface area contributed by atoms with Crippen LogP contribution >= 0.6 is 0 Å². The third kappa shape index (κ3) is 5.26. The van der Waals surface area contributed by atoms with Crippen LogP contribution in [0.4, 0.5) is 0 Å². The van der Waals surface area contributed by atoms with Gasteiger partial charge in [-0.25, -0.2) is 0 Å². The molecule has 6 nitrogen and oxygen atoms in total. The van der Waals surface area contributed by atoms with Gasteiger partial charge in [-0.05, 0) is 25.0 Å². The van der Waals surface area contributed by atoms with Crippen LogP contribution in [0, 0.1) is 5.92 Å². The number of pyridine rings is 1. The lowest BCUT2D eigenvalue weighted by Gasteiger charge is -2.07. The molecule has 0 spiro atoms.